The Kier molecular flexibility index (Phi) is 6.53. The van der Waals surface area contributed by atoms with Crippen LogP contribution in [0.4, 0.5) is 0 Å². The van der Waals surface area contributed by atoms with Gasteiger partial charge in [0.15, 0.2) is 0 Å². The van der Waals surface area contributed by atoms with Crippen LogP contribution in [0.2, 0.25) is 0 Å². The van der Waals surface area contributed by atoms with Gasteiger partial charge in [-0.1, -0.05) is 0 Å². The summed E-state index contributed by atoms with van der Waals surface area (Å²) in [6.45, 7) is 5.23. The molecular formula is C22H32N4O4. The number of likely N-dealkylation sites (tertiary alicyclic amines) is 1. The highest BCUT2D eigenvalue weighted by Crippen LogP contribution is 2.31. The molecule has 164 valence electrons. The summed E-state index contributed by atoms with van der Waals surface area (Å²) < 4.78 is 7.01. The van der Waals surface area contributed by atoms with Crippen molar-refractivity contribution in [1.29, 1.82) is 0 Å². The van der Waals surface area contributed by atoms with E-state index in [1.54, 1.807) is 7.05 Å². The third kappa shape index (κ3) is 5.49. The van der Waals surface area contributed by atoms with Crippen LogP contribution in [0, 0.1) is 11.8 Å². The zero-order valence-corrected chi connectivity index (χ0v) is 17.7. The van der Waals surface area contributed by atoms with Crippen LogP contribution in [0.5, 0.6) is 0 Å². The molecule has 1 N–H and O–H groups in total. The second-order valence-electron chi connectivity index (χ2n) is 9.00. The van der Waals surface area contributed by atoms with Crippen molar-refractivity contribution in [3.63, 3.8) is 0 Å². The summed E-state index contributed by atoms with van der Waals surface area (Å²) in [5.74, 6) is 1.26. The molecule has 2 saturated heterocycles. The van der Waals surface area contributed by atoms with E-state index in [0.717, 1.165) is 38.4 Å². The molecule has 1 aromatic heterocycles. The van der Waals surface area contributed by atoms with Crippen LogP contribution in [-0.2, 0) is 16.6 Å². The number of carbonyl (C=O) groups is 2. The van der Waals surface area contributed by atoms with Gasteiger partial charge >= 0.3 is 0 Å². The van der Waals surface area contributed by atoms with Gasteiger partial charge in [0.05, 0.1) is 11.7 Å². The fourth-order valence-electron chi connectivity index (χ4n) is 4.35. The summed E-state index contributed by atoms with van der Waals surface area (Å²) in [6, 6.07) is 2.90. The smallest absolute Gasteiger partial charge is 0.252 e. The maximum absolute atomic E-state index is 12.4. The second-order valence-corrected chi connectivity index (χ2v) is 9.00. The molecule has 8 heteroatoms. The SMILES string of the molecule is Cn1cc(C(=O)NC[C@H]2CN(CC3CCN(CC4CC4)CC3)C(=O)CO2)ccc1=O. The number of amides is 2. The number of hydrogen-bond acceptors (Lipinski definition) is 5. The number of piperidine rings is 1. The van der Waals surface area contributed by atoms with E-state index in [0.29, 0.717) is 24.6 Å². The summed E-state index contributed by atoms with van der Waals surface area (Å²) in [5, 5.41) is 2.86. The van der Waals surface area contributed by atoms with Crippen molar-refractivity contribution in [2.24, 2.45) is 18.9 Å². The van der Waals surface area contributed by atoms with E-state index in [2.05, 4.69) is 10.2 Å². The monoisotopic (exact) mass is 416 g/mol. The largest absolute Gasteiger partial charge is 0.365 e. The third-order valence-corrected chi connectivity index (χ3v) is 6.46. The van der Waals surface area contributed by atoms with Crippen molar-refractivity contribution in [2.45, 2.75) is 31.8 Å². The number of nitrogens with zero attached hydrogens (tertiary/aromatic N) is 3. The molecule has 0 spiro atoms. The van der Waals surface area contributed by atoms with Crippen LogP contribution in [0.15, 0.2) is 23.1 Å². The summed E-state index contributed by atoms with van der Waals surface area (Å²) in [6.07, 6.45) is 6.38. The molecule has 3 heterocycles. The fourth-order valence-corrected chi connectivity index (χ4v) is 4.35. The van der Waals surface area contributed by atoms with Gasteiger partial charge in [0.2, 0.25) is 11.5 Å². The lowest BCUT2D eigenvalue weighted by Crippen LogP contribution is -2.52. The van der Waals surface area contributed by atoms with Gasteiger partial charge in [0.25, 0.3) is 5.91 Å². The molecule has 0 unspecified atom stereocenters. The van der Waals surface area contributed by atoms with Crippen LogP contribution in [-0.4, -0.2) is 78.2 Å². The van der Waals surface area contributed by atoms with E-state index >= 15 is 0 Å². The lowest BCUT2D eigenvalue weighted by atomic mass is 9.95. The molecule has 4 rings (SSSR count). The molecule has 1 saturated carbocycles. The average molecular weight is 417 g/mol. The number of ether oxygens (including phenoxy) is 1. The van der Waals surface area contributed by atoms with E-state index in [-0.39, 0.29) is 30.1 Å². The molecule has 2 amide bonds. The molecule has 2 aliphatic heterocycles. The minimum atomic E-state index is -0.249. The number of nitrogens with one attached hydrogen (secondary N) is 1. The van der Waals surface area contributed by atoms with Crippen molar-refractivity contribution in [1.82, 2.24) is 19.7 Å². The van der Waals surface area contributed by atoms with Gasteiger partial charge in [0, 0.05) is 45.5 Å². The molecule has 30 heavy (non-hydrogen) atoms. The van der Waals surface area contributed by atoms with E-state index in [1.807, 2.05) is 4.90 Å². The minimum absolute atomic E-state index is 0.0380. The zero-order valence-electron chi connectivity index (χ0n) is 17.7. The molecule has 3 aliphatic rings. The molecule has 1 aromatic rings. The van der Waals surface area contributed by atoms with Crippen LogP contribution in [0.1, 0.15) is 36.0 Å². The summed E-state index contributed by atoms with van der Waals surface area (Å²) in [5.41, 5.74) is 0.272. The highest BCUT2D eigenvalue weighted by atomic mass is 16.5. The van der Waals surface area contributed by atoms with Crippen LogP contribution >= 0.6 is 0 Å². The summed E-state index contributed by atoms with van der Waals surface area (Å²) >= 11 is 0. The Morgan fingerprint density at radius 1 is 1.10 bits per heavy atom. The molecule has 3 fully saturated rings. The Balaban J connectivity index is 1.23. The van der Waals surface area contributed by atoms with E-state index in [4.69, 9.17) is 4.74 Å². The first kappa shape index (κ1) is 21.1. The number of morpholine rings is 1. The van der Waals surface area contributed by atoms with Crippen LogP contribution in [0.3, 0.4) is 0 Å². The van der Waals surface area contributed by atoms with Gasteiger partial charge < -0.3 is 24.4 Å². The molecule has 0 radical (unpaired) electrons. The maximum Gasteiger partial charge on any atom is 0.252 e. The molecule has 0 bridgehead atoms. The minimum Gasteiger partial charge on any atom is -0.365 e. The first-order valence-electron chi connectivity index (χ1n) is 11.0. The third-order valence-electron chi connectivity index (χ3n) is 6.46. The van der Waals surface area contributed by atoms with Gasteiger partial charge in [-0.3, -0.25) is 14.4 Å². The topological polar surface area (TPSA) is 83.9 Å². The van der Waals surface area contributed by atoms with Crippen molar-refractivity contribution in [2.75, 3.05) is 45.9 Å². The molecule has 0 aromatic carbocycles. The fraction of sp³-hybridized carbons (Fsp3) is 0.682. The summed E-state index contributed by atoms with van der Waals surface area (Å²) in [4.78, 5) is 40.6. The average Bonchev–Trinajstić information content (AvgIpc) is 3.56. The standard InChI is InChI=1S/C22H32N4O4/c1-24-13-18(4-5-20(24)27)22(29)23-10-19-14-26(21(28)15-30-19)12-17-6-8-25(9-7-17)11-16-2-3-16/h4-5,13,16-17,19H,2-3,6-12,14-15H2,1H3,(H,23,29)/t19-/m0/s1. The zero-order chi connectivity index (χ0) is 21.1. The predicted octanol–water partition coefficient (Wildman–Crippen LogP) is 0.465. The van der Waals surface area contributed by atoms with Crippen molar-refractivity contribution in [3.8, 4) is 0 Å². The number of aryl methyl sites for hydroxylation is 1. The molecule has 8 nitrogen and oxygen atoms in total. The highest BCUT2D eigenvalue weighted by molar-refractivity contribution is 5.93. The highest BCUT2D eigenvalue weighted by Gasteiger charge is 2.31. The number of pyridine rings is 1. The lowest BCUT2D eigenvalue weighted by Gasteiger charge is -2.38. The number of rotatable bonds is 7. The normalized spacial score (nSPS) is 23.6. The molecular weight excluding hydrogens is 384 g/mol. The number of carbonyl (C=O) groups excluding carboxylic acids is 2. The number of aromatic nitrogens is 1. The quantitative estimate of drug-likeness (QED) is 0.698. The van der Waals surface area contributed by atoms with Crippen molar-refractivity contribution < 1.29 is 14.3 Å². The van der Waals surface area contributed by atoms with Crippen molar-refractivity contribution >= 4 is 11.8 Å². The molecule has 1 atom stereocenters. The van der Waals surface area contributed by atoms with E-state index in [1.165, 1.54) is 42.3 Å². The van der Waals surface area contributed by atoms with Gasteiger partial charge in [-0.2, -0.15) is 0 Å². The van der Waals surface area contributed by atoms with Crippen LogP contribution in [0.25, 0.3) is 0 Å². The van der Waals surface area contributed by atoms with Gasteiger partial charge in [-0.05, 0) is 56.7 Å². The number of hydrogen-bond donors (Lipinski definition) is 1. The van der Waals surface area contributed by atoms with Gasteiger partial charge in [-0.15, -0.1) is 0 Å². The van der Waals surface area contributed by atoms with E-state index in [9.17, 15) is 14.4 Å². The first-order valence-corrected chi connectivity index (χ1v) is 11.0. The Hall–Kier alpha value is -2.19. The maximum atomic E-state index is 12.4. The Bertz CT molecular complexity index is 827. The molecule has 1 aliphatic carbocycles. The first-order chi connectivity index (χ1) is 14.5. The van der Waals surface area contributed by atoms with Crippen molar-refractivity contribution in [3.05, 3.63) is 34.2 Å². The van der Waals surface area contributed by atoms with Gasteiger partial charge in [0.1, 0.15) is 6.61 Å². The summed E-state index contributed by atoms with van der Waals surface area (Å²) in [7, 11) is 1.61. The Morgan fingerprint density at radius 3 is 2.53 bits per heavy atom. The Labute approximate surface area is 177 Å². The van der Waals surface area contributed by atoms with Gasteiger partial charge in [-0.25, -0.2) is 0 Å². The Morgan fingerprint density at radius 2 is 1.83 bits per heavy atom. The predicted molar refractivity (Wildman–Crippen MR) is 112 cm³/mol. The lowest BCUT2D eigenvalue weighted by molar-refractivity contribution is -0.149. The van der Waals surface area contributed by atoms with Crippen LogP contribution < -0.4 is 10.9 Å². The second kappa shape index (κ2) is 9.31. The van der Waals surface area contributed by atoms with E-state index < -0.39 is 0 Å².